The average Bonchev–Trinajstić information content (AvgIpc) is 3.12. The van der Waals surface area contributed by atoms with E-state index in [2.05, 4.69) is 46.3 Å². The first-order valence-electron chi connectivity index (χ1n) is 10.1. The van der Waals surface area contributed by atoms with Crippen LogP contribution in [0.2, 0.25) is 0 Å². The lowest BCUT2D eigenvalue weighted by Gasteiger charge is -2.43. The van der Waals surface area contributed by atoms with Gasteiger partial charge in [-0.2, -0.15) is 0 Å². The predicted octanol–water partition coefficient (Wildman–Crippen LogP) is 1.94. The first-order chi connectivity index (χ1) is 12.7. The molecule has 0 spiro atoms. The number of hydrogen-bond donors (Lipinski definition) is 1. The van der Waals surface area contributed by atoms with E-state index in [9.17, 15) is 4.79 Å². The van der Waals surface area contributed by atoms with Gasteiger partial charge in [0, 0.05) is 38.1 Å². The molecule has 0 aliphatic carbocycles. The molecule has 1 N–H and O–H groups in total. The van der Waals surface area contributed by atoms with E-state index in [4.69, 9.17) is 4.74 Å². The zero-order valence-electron chi connectivity index (χ0n) is 15.8. The molecule has 0 aromatic heterocycles. The molecule has 26 heavy (non-hydrogen) atoms. The maximum Gasteiger partial charge on any atom is 0.222 e. The second-order valence-corrected chi connectivity index (χ2v) is 8.05. The number of ether oxygens (including phenoxy) is 1. The van der Waals surface area contributed by atoms with Gasteiger partial charge in [0.25, 0.3) is 0 Å². The summed E-state index contributed by atoms with van der Waals surface area (Å²) < 4.78 is 5.48. The van der Waals surface area contributed by atoms with Gasteiger partial charge in [0.05, 0.1) is 19.4 Å². The van der Waals surface area contributed by atoms with Crippen LogP contribution in [0, 0.1) is 6.92 Å². The minimum atomic E-state index is 0.182. The van der Waals surface area contributed by atoms with Crippen LogP contribution in [0.25, 0.3) is 0 Å². The van der Waals surface area contributed by atoms with E-state index in [0.717, 1.165) is 45.7 Å². The molecule has 0 radical (unpaired) electrons. The lowest BCUT2D eigenvalue weighted by atomic mass is 9.98. The largest absolute Gasteiger partial charge is 0.379 e. The Morgan fingerprint density at radius 2 is 1.92 bits per heavy atom. The maximum atomic E-state index is 12.4. The van der Waals surface area contributed by atoms with Crippen molar-refractivity contribution < 1.29 is 9.53 Å². The van der Waals surface area contributed by atoms with Gasteiger partial charge < -0.3 is 10.1 Å². The number of amides is 1. The number of carbonyl (C=O) groups excluding carboxylic acids is 1. The van der Waals surface area contributed by atoms with Gasteiger partial charge in [-0.25, -0.2) is 0 Å². The maximum absolute atomic E-state index is 12.4. The molecule has 3 aliphatic rings. The van der Waals surface area contributed by atoms with Crippen LogP contribution in [0.4, 0.5) is 0 Å². The van der Waals surface area contributed by atoms with E-state index < -0.39 is 0 Å². The lowest BCUT2D eigenvalue weighted by Crippen LogP contribution is -2.59. The van der Waals surface area contributed by atoms with E-state index in [-0.39, 0.29) is 12.1 Å². The molecule has 4 rings (SSSR count). The molecular formula is C21H31N3O2. The Morgan fingerprint density at radius 3 is 2.69 bits per heavy atom. The Hall–Kier alpha value is -1.43. The summed E-state index contributed by atoms with van der Waals surface area (Å²) in [7, 11) is 0. The fraction of sp³-hybridized carbons (Fsp3) is 0.667. The monoisotopic (exact) mass is 357 g/mol. The predicted molar refractivity (Wildman–Crippen MR) is 102 cm³/mol. The highest BCUT2D eigenvalue weighted by molar-refractivity contribution is 5.77. The van der Waals surface area contributed by atoms with Crippen molar-refractivity contribution in [3.05, 3.63) is 35.4 Å². The quantitative estimate of drug-likeness (QED) is 0.894. The molecule has 3 fully saturated rings. The second kappa shape index (κ2) is 8.07. The van der Waals surface area contributed by atoms with Crippen molar-refractivity contribution in [2.24, 2.45) is 0 Å². The van der Waals surface area contributed by atoms with Gasteiger partial charge >= 0.3 is 0 Å². The van der Waals surface area contributed by atoms with Gasteiger partial charge in [0.15, 0.2) is 0 Å². The summed E-state index contributed by atoms with van der Waals surface area (Å²) in [6.45, 7) is 6.73. The van der Waals surface area contributed by atoms with Crippen LogP contribution in [-0.2, 0) is 16.0 Å². The van der Waals surface area contributed by atoms with Crippen LogP contribution in [-0.4, -0.2) is 66.8 Å². The molecule has 3 saturated heterocycles. The minimum Gasteiger partial charge on any atom is -0.379 e. The summed E-state index contributed by atoms with van der Waals surface area (Å²) in [6, 6.07) is 9.80. The van der Waals surface area contributed by atoms with Crippen LogP contribution in [0.5, 0.6) is 0 Å². The van der Waals surface area contributed by atoms with Crippen molar-refractivity contribution in [2.45, 2.75) is 57.3 Å². The Bertz CT molecular complexity index is 612. The van der Waals surface area contributed by atoms with Crippen LogP contribution in [0.3, 0.4) is 0 Å². The number of hydrogen-bond acceptors (Lipinski definition) is 4. The van der Waals surface area contributed by atoms with Gasteiger partial charge in [-0.1, -0.05) is 29.8 Å². The zero-order valence-corrected chi connectivity index (χ0v) is 15.8. The number of nitrogens with zero attached hydrogens (tertiary/aromatic N) is 2. The highest BCUT2D eigenvalue weighted by Crippen LogP contribution is 2.28. The minimum absolute atomic E-state index is 0.182. The van der Waals surface area contributed by atoms with E-state index in [1.54, 1.807) is 0 Å². The third-order valence-electron chi connectivity index (χ3n) is 6.22. The Labute approximate surface area is 156 Å². The summed E-state index contributed by atoms with van der Waals surface area (Å²) in [5.74, 6) is 0.207. The third kappa shape index (κ3) is 4.11. The van der Waals surface area contributed by atoms with Gasteiger partial charge in [-0.15, -0.1) is 0 Å². The Morgan fingerprint density at radius 1 is 1.15 bits per heavy atom. The molecule has 142 valence electrons. The highest BCUT2D eigenvalue weighted by Gasteiger charge is 2.38. The van der Waals surface area contributed by atoms with Crippen LogP contribution < -0.4 is 5.32 Å². The van der Waals surface area contributed by atoms with Gasteiger partial charge in [0.1, 0.15) is 0 Å². The van der Waals surface area contributed by atoms with Crippen LogP contribution >= 0.6 is 0 Å². The molecule has 0 bridgehead atoms. The summed E-state index contributed by atoms with van der Waals surface area (Å²) in [6.07, 6.45) is 5.38. The van der Waals surface area contributed by atoms with Crippen molar-refractivity contribution >= 4 is 5.91 Å². The topological polar surface area (TPSA) is 44.8 Å². The van der Waals surface area contributed by atoms with Crippen molar-refractivity contribution in [2.75, 3.05) is 32.8 Å². The van der Waals surface area contributed by atoms with Crippen molar-refractivity contribution in [3.63, 3.8) is 0 Å². The zero-order chi connectivity index (χ0) is 17.9. The fourth-order valence-electron chi connectivity index (χ4n) is 4.78. The van der Waals surface area contributed by atoms with Gasteiger partial charge in [0.2, 0.25) is 5.91 Å². The SMILES string of the molecule is Cc1ccc(C[C@H]2CCCN2C2CC(N3CCOCC3)CC(=O)N2)cc1. The molecule has 5 heteroatoms. The standard InChI is InChI=1S/C21H31N3O2/c1-16-4-6-17(7-5-16)13-18-3-2-8-24(18)20-14-19(15-21(25)22-20)23-9-11-26-12-10-23/h4-7,18-20H,2-3,8-15H2,1H3,(H,22,25)/t18-,19?,20?/m1/s1. The normalized spacial score (nSPS) is 31.1. The molecular weight excluding hydrogens is 326 g/mol. The molecule has 1 aromatic carbocycles. The summed E-state index contributed by atoms with van der Waals surface area (Å²) in [5, 5.41) is 3.28. The second-order valence-electron chi connectivity index (χ2n) is 8.05. The van der Waals surface area contributed by atoms with E-state index in [0.29, 0.717) is 18.5 Å². The van der Waals surface area contributed by atoms with E-state index in [1.807, 2.05) is 0 Å². The number of rotatable bonds is 4. The van der Waals surface area contributed by atoms with Crippen LogP contribution in [0.1, 0.15) is 36.8 Å². The molecule has 2 unspecified atom stereocenters. The number of piperidine rings is 1. The summed E-state index contributed by atoms with van der Waals surface area (Å²) >= 11 is 0. The molecule has 1 amide bonds. The van der Waals surface area contributed by atoms with E-state index in [1.165, 1.54) is 24.0 Å². The smallest absolute Gasteiger partial charge is 0.222 e. The first kappa shape index (κ1) is 18.0. The first-order valence-corrected chi connectivity index (χ1v) is 10.1. The van der Waals surface area contributed by atoms with Crippen molar-refractivity contribution in [1.29, 1.82) is 0 Å². The number of morpholine rings is 1. The lowest BCUT2D eigenvalue weighted by molar-refractivity contribution is -0.129. The van der Waals surface area contributed by atoms with Crippen molar-refractivity contribution in [3.8, 4) is 0 Å². The van der Waals surface area contributed by atoms with Crippen LogP contribution in [0.15, 0.2) is 24.3 Å². The third-order valence-corrected chi connectivity index (χ3v) is 6.22. The average molecular weight is 357 g/mol. The number of nitrogens with one attached hydrogen (secondary N) is 1. The molecule has 1 aromatic rings. The van der Waals surface area contributed by atoms with Gasteiger partial charge in [-0.05, 0) is 38.2 Å². The number of benzene rings is 1. The Balaban J connectivity index is 1.42. The molecule has 3 atom stereocenters. The summed E-state index contributed by atoms with van der Waals surface area (Å²) in [4.78, 5) is 17.4. The Kier molecular flexibility index (Phi) is 5.57. The summed E-state index contributed by atoms with van der Waals surface area (Å²) in [5.41, 5.74) is 2.71. The number of likely N-dealkylation sites (tertiary alicyclic amines) is 1. The van der Waals surface area contributed by atoms with E-state index >= 15 is 0 Å². The fourth-order valence-corrected chi connectivity index (χ4v) is 4.78. The van der Waals surface area contributed by atoms with Gasteiger partial charge in [-0.3, -0.25) is 14.6 Å². The number of carbonyl (C=O) groups is 1. The molecule has 3 aliphatic heterocycles. The molecule has 3 heterocycles. The highest BCUT2D eigenvalue weighted by atomic mass is 16.5. The molecule has 5 nitrogen and oxygen atoms in total. The number of aryl methyl sites for hydroxylation is 1. The van der Waals surface area contributed by atoms with Crippen molar-refractivity contribution in [1.82, 2.24) is 15.1 Å². The molecule has 0 saturated carbocycles.